The molecule has 4 atom stereocenters. The summed E-state index contributed by atoms with van der Waals surface area (Å²) in [6.45, 7) is 2.77. The molecule has 25 heavy (non-hydrogen) atoms. The highest BCUT2D eigenvalue weighted by atomic mass is 16.4. The van der Waals surface area contributed by atoms with Gasteiger partial charge in [-0.3, -0.25) is 28.9 Å². The molecular weight excluding hydrogens is 338 g/mol. The first-order chi connectivity index (χ1) is 11.2. The van der Waals surface area contributed by atoms with Gasteiger partial charge in [0.2, 0.25) is 23.1 Å². The van der Waals surface area contributed by atoms with Gasteiger partial charge in [-0.25, -0.2) is 0 Å². The first-order valence-corrected chi connectivity index (χ1v) is 7.28. The number of carbonyl (C=O) groups is 5. The molecular formula is C15H23NO9. The fourth-order valence-electron chi connectivity index (χ4n) is 2.87. The highest BCUT2D eigenvalue weighted by Crippen LogP contribution is 2.36. The van der Waals surface area contributed by atoms with E-state index in [4.69, 9.17) is 5.11 Å². The molecule has 0 saturated carbocycles. The van der Waals surface area contributed by atoms with E-state index in [0.717, 1.165) is 27.7 Å². The lowest BCUT2D eigenvalue weighted by Crippen LogP contribution is -2.78. The predicted octanol–water partition coefficient (Wildman–Crippen LogP) is -2.67. The van der Waals surface area contributed by atoms with Gasteiger partial charge in [0.25, 0.3) is 0 Å². The van der Waals surface area contributed by atoms with Gasteiger partial charge in [-0.05, 0) is 13.8 Å². The van der Waals surface area contributed by atoms with Gasteiger partial charge in [-0.15, -0.1) is 0 Å². The van der Waals surface area contributed by atoms with Gasteiger partial charge in [0.15, 0.2) is 11.6 Å². The van der Waals surface area contributed by atoms with Gasteiger partial charge >= 0.3 is 0 Å². The average Bonchev–Trinajstić information content (AvgIpc) is 2.48. The molecule has 10 heteroatoms. The van der Waals surface area contributed by atoms with Crippen LogP contribution >= 0.6 is 0 Å². The lowest BCUT2D eigenvalue weighted by Gasteiger charge is -2.49. The molecule has 0 aromatic heterocycles. The second kappa shape index (κ2) is 7.91. The number of hydrogen-bond acceptors (Lipinski definition) is 9. The van der Waals surface area contributed by atoms with Crippen LogP contribution in [0.15, 0.2) is 0 Å². The molecule has 2 amide bonds. The monoisotopic (exact) mass is 361 g/mol. The Bertz CT molecular complexity index is 584. The number of amides is 2. The highest BCUT2D eigenvalue weighted by molar-refractivity contribution is 6.46. The highest BCUT2D eigenvalue weighted by Gasteiger charge is 2.67. The van der Waals surface area contributed by atoms with Gasteiger partial charge in [-0.2, -0.15) is 0 Å². The molecule has 0 aliphatic rings. The molecule has 0 aromatic rings. The van der Waals surface area contributed by atoms with Crippen molar-refractivity contribution in [3.8, 4) is 0 Å². The average molecular weight is 361 g/mol. The minimum atomic E-state index is -3.12. The van der Waals surface area contributed by atoms with Gasteiger partial charge in [0.05, 0.1) is 6.61 Å². The van der Waals surface area contributed by atoms with Crippen molar-refractivity contribution in [2.45, 2.75) is 58.0 Å². The van der Waals surface area contributed by atoms with E-state index < -0.39 is 59.1 Å². The molecule has 0 radical (unpaired) electrons. The zero-order chi connectivity index (χ0) is 20.3. The summed E-state index contributed by atoms with van der Waals surface area (Å²) in [6, 6.07) is 0. The van der Waals surface area contributed by atoms with Crippen molar-refractivity contribution in [1.29, 1.82) is 0 Å². The van der Waals surface area contributed by atoms with E-state index in [-0.39, 0.29) is 4.90 Å². The van der Waals surface area contributed by atoms with Crippen molar-refractivity contribution in [2.75, 3.05) is 6.61 Å². The number of ketones is 3. The van der Waals surface area contributed by atoms with Crippen LogP contribution < -0.4 is 0 Å². The lowest BCUT2D eigenvalue weighted by molar-refractivity contribution is -0.202. The maximum atomic E-state index is 12.6. The summed E-state index contributed by atoms with van der Waals surface area (Å²) in [6.07, 6.45) is -4.39. The van der Waals surface area contributed by atoms with Crippen LogP contribution in [0.2, 0.25) is 0 Å². The van der Waals surface area contributed by atoms with Crippen molar-refractivity contribution in [2.24, 2.45) is 0 Å². The minimum Gasteiger partial charge on any atom is -0.394 e. The zero-order valence-corrected chi connectivity index (χ0v) is 14.6. The molecule has 0 unspecified atom stereocenters. The number of carbonyl (C=O) groups excluding carboxylic acids is 5. The van der Waals surface area contributed by atoms with Gasteiger partial charge in [-0.1, -0.05) is 0 Å². The molecule has 0 rings (SSSR count). The van der Waals surface area contributed by atoms with Crippen molar-refractivity contribution < 1.29 is 44.4 Å². The second-order valence-corrected chi connectivity index (χ2v) is 5.87. The first-order valence-electron chi connectivity index (χ1n) is 7.28. The van der Waals surface area contributed by atoms with E-state index in [0.29, 0.717) is 6.92 Å². The first kappa shape index (κ1) is 23.0. The van der Waals surface area contributed by atoms with Gasteiger partial charge < -0.3 is 20.4 Å². The third-order valence-electron chi connectivity index (χ3n) is 3.98. The molecule has 0 saturated heterocycles. The molecule has 0 spiro atoms. The molecule has 0 aliphatic heterocycles. The summed E-state index contributed by atoms with van der Waals surface area (Å²) < 4.78 is 0. The topological polar surface area (TPSA) is 170 Å². The Kier molecular flexibility index (Phi) is 7.28. The molecule has 0 heterocycles. The molecule has 142 valence electrons. The van der Waals surface area contributed by atoms with Crippen molar-refractivity contribution >= 4 is 29.2 Å². The Balaban J connectivity index is 7.05. The summed E-state index contributed by atoms with van der Waals surface area (Å²) in [5, 5.41) is 39.5. The largest absolute Gasteiger partial charge is 0.394 e. The molecule has 0 aromatic carbocycles. The summed E-state index contributed by atoms with van der Waals surface area (Å²) >= 11 is 0. The standard InChI is InChI=1S/C15H23NO9/c1-7(18)12(23)15(8(2)19,16(9(3)20)10(4)21)14(5,25)13(24)11(22)6-17/h11,13,17,22,24-25H,6H2,1-5H3/t11-,13-,14+,15+/m1/s1. The van der Waals surface area contributed by atoms with Crippen LogP contribution in [0.4, 0.5) is 0 Å². The molecule has 0 bridgehead atoms. The fourth-order valence-corrected chi connectivity index (χ4v) is 2.87. The Labute approximate surface area is 144 Å². The van der Waals surface area contributed by atoms with E-state index in [1.54, 1.807) is 0 Å². The normalized spacial score (nSPS) is 18.3. The summed E-state index contributed by atoms with van der Waals surface area (Å²) in [4.78, 5) is 60.7. The van der Waals surface area contributed by atoms with Crippen molar-refractivity contribution in [3.63, 3.8) is 0 Å². The fraction of sp³-hybridized carbons (Fsp3) is 0.667. The maximum Gasteiger partial charge on any atom is 0.234 e. The maximum absolute atomic E-state index is 12.6. The number of hydrogen-bond donors (Lipinski definition) is 4. The Hall–Kier alpha value is -2.01. The zero-order valence-electron chi connectivity index (χ0n) is 14.6. The van der Waals surface area contributed by atoms with Crippen LogP contribution in [-0.2, 0) is 24.0 Å². The second-order valence-electron chi connectivity index (χ2n) is 5.87. The van der Waals surface area contributed by atoms with Crippen molar-refractivity contribution in [3.05, 3.63) is 0 Å². The summed E-state index contributed by atoms with van der Waals surface area (Å²) in [7, 11) is 0. The van der Waals surface area contributed by atoms with Crippen LogP contribution in [0.3, 0.4) is 0 Å². The molecule has 0 fully saturated rings. The molecule has 0 aliphatic carbocycles. The quantitative estimate of drug-likeness (QED) is 0.266. The van der Waals surface area contributed by atoms with Crippen LogP contribution in [0.1, 0.15) is 34.6 Å². The van der Waals surface area contributed by atoms with Crippen LogP contribution in [0.25, 0.3) is 0 Å². The van der Waals surface area contributed by atoms with E-state index in [2.05, 4.69) is 0 Å². The number of aliphatic hydroxyl groups is 4. The van der Waals surface area contributed by atoms with E-state index in [1.807, 2.05) is 0 Å². The van der Waals surface area contributed by atoms with Crippen LogP contribution in [-0.4, -0.2) is 84.4 Å². The van der Waals surface area contributed by atoms with E-state index >= 15 is 0 Å². The van der Waals surface area contributed by atoms with E-state index in [1.165, 1.54) is 0 Å². The number of aliphatic hydroxyl groups excluding tert-OH is 3. The van der Waals surface area contributed by atoms with Gasteiger partial charge in [0, 0.05) is 20.8 Å². The SMILES string of the molecule is CC(=O)C(=O)[C@](C(C)=O)(N(C(C)=O)C(C)=O)[C@@](C)(O)[C@H](O)[C@H](O)CO. The van der Waals surface area contributed by atoms with Crippen LogP contribution in [0.5, 0.6) is 0 Å². The predicted molar refractivity (Wildman–Crippen MR) is 82.0 cm³/mol. The number of nitrogens with zero attached hydrogens (tertiary/aromatic N) is 1. The third-order valence-corrected chi connectivity index (χ3v) is 3.98. The Morgan fingerprint density at radius 3 is 1.60 bits per heavy atom. The van der Waals surface area contributed by atoms with Crippen LogP contribution in [0, 0.1) is 0 Å². The van der Waals surface area contributed by atoms with E-state index in [9.17, 15) is 39.3 Å². The van der Waals surface area contributed by atoms with Gasteiger partial charge in [0.1, 0.15) is 17.8 Å². The summed E-state index contributed by atoms with van der Waals surface area (Å²) in [5.41, 5.74) is -6.10. The number of imide groups is 1. The van der Waals surface area contributed by atoms with Crippen molar-refractivity contribution in [1.82, 2.24) is 4.90 Å². The molecule has 4 N–H and O–H groups in total. The lowest BCUT2D eigenvalue weighted by atomic mass is 9.68. The smallest absolute Gasteiger partial charge is 0.234 e. The number of Topliss-reactive ketones (excluding diaryl/α,β-unsaturated/α-hetero) is 3. The Morgan fingerprint density at radius 2 is 1.36 bits per heavy atom. The minimum absolute atomic E-state index is 0.0758. The molecule has 10 nitrogen and oxygen atoms in total. The Morgan fingerprint density at radius 1 is 0.960 bits per heavy atom. The number of rotatable bonds is 8. The third kappa shape index (κ3) is 3.66. The summed E-state index contributed by atoms with van der Waals surface area (Å²) in [5.74, 6) is -6.48.